The minimum Gasteiger partial charge on any atom is -0.494 e. The lowest BCUT2D eigenvalue weighted by Gasteiger charge is -2.26. The molecule has 2 nitrogen and oxygen atoms in total. The largest absolute Gasteiger partial charge is 0.494 e. The number of benzene rings is 2. The lowest BCUT2D eigenvalue weighted by atomic mass is 9.86. The van der Waals surface area contributed by atoms with Crippen molar-refractivity contribution < 1.29 is 4.74 Å². The maximum Gasteiger partial charge on any atom is 0.119 e. The fraction of sp³-hybridized carbons (Fsp3) is 0.250. The van der Waals surface area contributed by atoms with Crippen LogP contribution in [0.1, 0.15) is 25.0 Å². The van der Waals surface area contributed by atoms with Crippen molar-refractivity contribution in [1.29, 1.82) is 0 Å². The Labute approximate surface area is 122 Å². The lowest BCUT2D eigenvalue weighted by Crippen LogP contribution is -2.34. The van der Waals surface area contributed by atoms with E-state index in [9.17, 15) is 0 Å². The van der Waals surface area contributed by atoms with Crippen LogP contribution in [0.3, 0.4) is 0 Å². The van der Waals surface area contributed by atoms with E-state index in [1.54, 1.807) is 0 Å². The van der Waals surface area contributed by atoms with E-state index in [1.807, 2.05) is 62.4 Å². The molecule has 0 radical (unpaired) electrons. The molecule has 2 aromatic carbocycles. The molecular formula is C16H18BrNO. The van der Waals surface area contributed by atoms with Gasteiger partial charge in [0.15, 0.2) is 0 Å². The first-order valence-electron chi connectivity index (χ1n) is 6.32. The first kappa shape index (κ1) is 14.1. The summed E-state index contributed by atoms with van der Waals surface area (Å²) in [5.74, 6) is 0.855. The van der Waals surface area contributed by atoms with Crippen LogP contribution in [-0.2, 0) is 5.54 Å². The number of ether oxygens (including phenoxy) is 1. The highest BCUT2D eigenvalue weighted by molar-refractivity contribution is 9.10. The van der Waals surface area contributed by atoms with Crippen molar-refractivity contribution in [3.63, 3.8) is 0 Å². The molecule has 1 atom stereocenters. The highest BCUT2D eigenvalue weighted by Gasteiger charge is 2.23. The molecule has 2 N–H and O–H groups in total. The SMILES string of the molecule is CCOc1cccc(C(C)(N)c2ccc(Br)cc2)c1. The summed E-state index contributed by atoms with van der Waals surface area (Å²) in [5, 5.41) is 0. The predicted octanol–water partition coefficient (Wildman–Crippen LogP) is 4.07. The molecule has 0 saturated carbocycles. The van der Waals surface area contributed by atoms with Gasteiger partial charge in [-0.05, 0) is 49.2 Å². The molecule has 0 saturated heterocycles. The van der Waals surface area contributed by atoms with Gasteiger partial charge in [-0.25, -0.2) is 0 Å². The first-order chi connectivity index (χ1) is 9.04. The Kier molecular flexibility index (Phi) is 4.27. The minimum absolute atomic E-state index is 0.534. The third kappa shape index (κ3) is 3.17. The second-order valence-corrected chi connectivity index (χ2v) is 5.59. The van der Waals surface area contributed by atoms with Crippen molar-refractivity contribution in [2.45, 2.75) is 19.4 Å². The van der Waals surface area contributed by atoms with Crippen molar-refractivity contribution in [2.75, 3.05) is 6.61 Å². The van der Waals surface area contributed by atoms with Crippen molar-refractivity contribution in [3.05, 3.63) is 64.1 Å². The zero-order chi connectivity index (χ0) is 13.9. The van der Waals surface area contributed by atoms with Gasteiger partial charge in [0.2, 0.25) is 0 Å². The van der Waals surface area contributed by atoms with E-state index in [-0.39, 0.29) is 0 Å². The van der Waals surface area contributed by atoms with E-state index in [4.69, 9.17) is 10.5 Å². The zero-order valence-corrected chi connectivity index (χ0v) is 12.8. The van der Waals surface area contributed by atoms with E-state index < -0.39 is 5.54 Å². The first-order valence-corrected chi connectivity index (χ1v) is 7.11. The van der Waals surface area contributed by atoms with Gasteiger partial charge in [0, 0.05) is 4.47 Å². The standard InChI is InChI=1S/C16H18BrNO/c1-3-19-15-6-4-5-13(11-15)16(2,18)12-7-9-14(17)10-8-12/h4-11H,3,18H2,1-2H3. The zero-order valence-electron chi connectivity index (χ0n) is 11.2. The Morgan fingerprint density at radius 1 is 1.11 bits per heavy atom. The Morgan fingerprint density at radius 2 is 1.79 bits per heavy atom. The summed E-state index contributed by atoms with van der Waals surface area (Å²) < 4.78 is 6.58. The molecule has 3 heteroatoms. The summed E-state index contributed by atoms with van der Waals surface area (Å²) >= 11 is 3.44. The fourth-order valence-electron chi connectivity index (χ4n) is 2.04. The molecule has 1 unspecified atom stereocenters. The maximum atomic E-state index is 6.50. The number of hydrogen-bond acceptors (Lipinski definition) is 2. The summed E-state index contributed by atoms with van der Waals surface area (Å²) in [6.07, 6.45) is 0. The van der Waals surface area contributed by atoms with Gasteiger partial charge in [0.05, 0.1) is 12.1 Å². The summed E-state index contributed by atoms with van der Waals surface area (Å²) in [4.78, 5) is 0. The van der Waals surface area contributed by atoms with E-state index in [0.29, 0.717) is 6.61 Å². The van der Waals surface area contributed by atoms with Crippen LogP contribution in [0.25, 0.3) is 0 Å². The predicted molar refractivity (Wildman–Crippen MR) is 82.4 cm³/mol. The lowest BCUT2D eigenvalue weighted by molar-refractivity contribution is 0.339. The Bertz CT molecular complexity index is 549. The maximum absolute atomic E-state index is 6.50. The van der Waals surface area contributed by atoms with E-state index in [0.717, 1.165) is 21.3 Å². The molecule has 100 valence electrons. The molecule has 0 amide bonds. The number of rotatable bonds is 4. The van der Waals surface area contributed by atoms with Crippen LogP contribution < -0.4 is 10.5 Å². The molecule has 19 heavy (non-hydrogen) atoms. The van der Waals surface area contributed by atoms with Crippen molar-refractivity contribution in [3.8, 4) is 5.75 Å². The Balaban J connectivity index is 2.37. The fourth-order valence-corrected chi connectivity index (χ4v) is 2.30. The van der Waals surface area contributed by atoms with Gasteiger partial charge in [0.1, 0.15) is 5.75 Å². The molecule has 0 aliphatic heterocycles. The number of hydrogen-bond donors (Lipinski definition) is 1. The minimum atomic E-state index is -0.534. The van der Waals surface area contributed by atoms with Crippen molar-refractivity contribution in [1.82, 2.24) is 0 Å². The van der Waals surface area contributed by atoms with Gasteiger partial charge in [-0.15, -0.1) is 0 Å². The average molecular weight is 320 g/mol. The highest BCUT2D eigenvalue weighted by Crippen LogP contribution is 2.29. The van der Waals surface area contributed by atoms with Crippen LogP contribution in [0.4, 0.5) is 0 Å². The van der Waals surface area contributed by atoms with Gasteiger partial charge in [-0.3, -0.25) is 0 Å². The monoisotopic (exact) mass is 319 g/mol. The molecule has 0 aliphatic rings. The molecule has 0 bridgehead atoms. The topological polar surface area (TPSA) is 35.2 Å². The molecule has 0 heterocycles. The second kappa shape index (κ2) is 5.76. The number of halogens is 1. The summed E-state index contributed by atoms with van der Waals surface area (Å²) in [7, 11) is 0. The van der Waals surface area contributed by atoms with Crippen LogP contribution in [-0.4, -0.2) is 6.61 Å². The van der Waals surface area contributed by atoms with E-state index in [2.05, 4.69) is 15.9 Å². The van der Waals surface area contributed by atoms with Crippen LogP contribution >= 0.6 is 15.9 Å². The van der Waals surface area contributed by atoms with E-state index in [1.165, 1.54) is 0 Å². The normalized spacial score (nSPS) is 13.9. The van der Waals surface area contributed by atoms with Crippen molar-refractivity contribution in [2.24, 2.45) is 5.73 Å². The van der Waals surface area contributed by atoms with Gasteiger partial charge >= 0.3 is 0 Å². The van der Waals surface area contributed by atoms with Crippen LogP contribution in [0.15, 0.2) is 53.0 Å². The van der Waals surface area contributed by atoms with Crippen LogP contribution in [0.2, 0.25) is 0 Å². The smallest absolute Gasteiger partial charge is 0.119 e. The third-order valence-electron chi connectivity index (χ3n) is 3.19. The van der Waals surface area contributed by atoms with Gasteiger partial charge in [0.25, 0.3) is 0 Å². The highest BCUT2D eigenvalue weighted by atomic mass is 79.9. The summed E-state index contributed by atoms with van der Waals surface area (Å²) in [6, 6.07) is 16.1. The van der Waals surface area contributed by atoms with Gasteiger partial charge in [-0.2, -0.15) is 0 Å². The summed E-state index contributed by atoms with van der Waals surface area (Å²) in [5.41, 5.74) is 8.09. The number of nitrogens with two attached hydrogens (primary N) is 1. The molecular weight excluding hydrogens is 302 g/mol. The average Bonchev–Trinajstić information content (AvgIpc) is 2.40. The quantitative estimate of drug-likeness (QED) is 0.922. The molecule has 2 aromatic rings. The molecule has 2 rings (SSSR count). The summed E-state index contributed by atoms with van der Waals surface area (Å²) in [6.45, 7) is 4.65. The van der Waals surface area contributed by atoms with Crippen LogP contribution in [0.5, 0.6) is 5.75 Å². The molecule has 0 spiro atoms. The van der Waals surface area contributed by atoms with Crippen LogP contribution in [0, 0.1) is 0 Å². The van der Waals surface area contributed by atoms with E-state index >= 15 is 0 Å². The molecule has 0 fully saturated rings. The Morgan fingerprint density at radius 3 is 2.42 bits per heavy atom. The molecule has 0 aromatic heterocycles. The Hall–Kier alpha value is -1.32. The second-order valence-electron chi connectivity index (χ2n) is 4.67. The van der Waals surface area contributed by atoms with Gasteiger partial charge in [-0.1, -0.05) is 40.2 Å². The molecule has 0 aliphatic carbocycles. The van der Waals surface area contributed by atoms with Crippen molar-refractivity contribution >= 4 is 15.9 Å². The van der Waals surface area contributed by atoms with Gasteiger partial charge < -0.3 is 10.5 Å². The third-order valence-corrected chi connectivity index (χ3v) is 3.72.